The molecule has 0 aliphatic heterocycles. The van der Waals surface area contributed by atoms with E-state index in [-0.39, 0.29) is 106 Å². The highest BCUT2D eigenvalue weighted by Gasteiger charge is 2.47. The lowest BCUT2D eigenvalue weighted by Gasteiger charge is -2.42. The predicted molar refractivity (Wildman–Crippen MR) is 378 cm³/mol. The first-order chi connectivity index (χ1) is 45.4. The summed E-state index contributed by atoms with van der Waals surface area (Å²) in [4.78, 5) is 191. The van der Waals surface area contributed by atoms with Gasteiger partial charge in [0, 0.05) is 107 Å². The third-order valence-electron chi connectivity index (χ3n) is 18.5. The highest BCUT2D eigenvalue weighted by molar-refractivity contribution is 5.99. The number of amides is 8. The van der Waals surface area contributed by atoms with E-state index in [0.29, 0.717) is 12.8 Å². The number of ketones is 3. The van der Waals surface area contributed by atoms with E-state index in [4.69, 9.17) is 14.2 Å². The molecule has 98 heavy (non-hydrogen) atoms. The van der Waals surface area contributed by atoms with Crippen molar-refractivity contribution in [1.82, 2.24) is 45.3 Å². The van der Waals surface area contributed by atoms with Gasteiger partial charge in [0.1, 0.15) is 54.7 Å². The van der Waals surface area contributed by atoms with Crippen molar-refractivity contribution < 1.29 is 76.5 Å². The zero-order valence-electron chi connectivity index (χ0n) is 64.8. The lowest BCUT2D eigenvalue weighted by molar-refractivity contribution is -0.164. The van der Waals surface area contributed by atoms with Crippen molar-refractivity contribution in [3.63, 3.8) is 0 Å². The number of allylic oxidation sites excluding steroid dienone is 2. The fraction of sp³-hybridized carbons (Fsp3) is 0.795. The number of rotatable bonds is 46. The summed E-state index contributed by atoms with van der Waals surface area (Å²) in [6.07, 6.45) is 3.18. The predicted octanol–water partition coefficient (Wildman–Crippen LogP) is 6.55. The van der Waals surface area contributed by atoms with Gasteiger partial charge in [0.15, 0.2) is 11.6 Å². The number of hydrogen-bond donors (Lipinski definition) is 3. The zero-order chi connectivity index (χ0) is 76.1. The number of esters is 2. The molecule has 0 heterocycles. The van der Waals surface area contributed by atoms with Gasteiger partial charge in [-0.25, -0.2) is 4.79 Å². The molecule has 562 valence electrons. The Labute approximate surface area is 587 Å². The molecule has 0 aromatic heterocycles. The second kappa shape index (κ2) is 44.5. The van der Waals surface area contributed by atoms with Gasteiger partial charge < -0.3 is 59.6 Å². The molecule has 8 amide bonds. The van der Waals surface area contributed by atoms with Crippen molar-refractivity contribution in [2.24, 2.45) is 59.2 Å². The summed E-state index contributed by atoms with van der Waals surface area (Å²) in [6, 6.07) is -8.86. The highest BCUT2D eigenvalue weighted by atomic mass is 16.5. The molecule has 0 bridgehead atoms. The van der Waals surface area contributed by atoms with Crippen molar-refractivity contribution in [3.8, 4) is 0 Å². The average molecular weight is 1390 g/mol. The van der Waals surface area contributed by atoms with Crippen molar-refractivity contribution in [3.05, 3.63) is 12.2 Å². The monoisotopic (exact) mass is 1390 g/mol. The number of nitrogens with zero attached hydrogens (tertiary/aromatic N) is 6. The summed E-state index contributed by atoms with van der Waals surface area (Å²) in [7, 11) is 12.0. The van der Waals surface area contributed by atoms with Crippen molar-refractivity contribution in [2.75, 3.05) is 76.2 Å². The van der Waals surface area contributed by atoms with Crippen LogP contribution in [0.2, 0.25) is 0 Å². The van der Waals surface area contributed by atoms with Gasteiger partial charge in [0.2, 0.25) is 47.3 Å². The Kier molecular flexibility index (Phi) is 41.5. The molecule has 0 rings (SSSR count). The van der Waals surface area contributed by atoms with Gasteiger partial charge in [-0.15, -0.1) is 0 Å². The van der Waals surface area contributed by atoms with Crippen LogP contribution in [0.4, 0.5) is 0 Å². The summed E-state index contributed by atoms with van der Waals surface area (Å²) in [5.74, 6) is -12.0. The van der Waals surface area contributed by atoms with Crippen LogP contribution in [0, 0.1) is 59.2 Å². The Morgan fingerprint density at radius 3 is 1.43 bits per heavy atom. The quantitative estimate of drug-likeness (QED) is 0.0430. The second-order valence-corrected chi connectivity index (χ2v) is 29.1. The van der Waals surface area contributed by atoms with Gasteiger partial charge in [-0.3, -0.25) is 57.5 Å². The lowest BCUT2D eigenvalue weighted by Crippen LogP contribution is -2.63. The van der Waals surface area contributed by atoms with Gasteiger partial charge in [-0.05, 0) is 93.9 Å². The molecular weight excluding hydrogens is 1260 g/mol. The largest absolute Gasteiger partial charge is 0.462 e. The standard InChI is InChI=1S/C73H129N9O16/c1-28-31-32-47(14)65(98-52(19)84)64(67(89)75-55(30-3)73(95)97-34-33-77(21)51(18)83)82(26)72(94)63(46(12)13)81(25)70(92)58(37-44(8)9)80(24)69(91)57(36-43(6)7)79(23)68(90)49(16)39-59(85)48(15)38-61(87)56(35-42(4)5)78(22)71(93)62(45(10)11)76-66(88)53(50(17)41-96-27)40-60(86)54(29-2)74-20/h28,31,42-50,53-58,62-65,74H,29-30,32-41H2,1-27H3,(H,75,89)(H,76,88)/b31-28+/t47-,48-,49+,50-,53+,54-,55+,56+,57+,58+,62+,63+,64+,65-/m1/s1. The minimum atomic E-state index is -1.55. The van der Waals surface area contributed by atoms with Gasteiger partial charge in [-0.2, -0.15) is 0 Å². The van der Waals surface area contributed by atoms with Crippen LogP contribution >= 0.6 is 0 Å². The molecule has 0 fully saturated rings. The van der Waals surface area contributed by atoms with E-state index < -0.39 is 149 Å². The van der Waals surface area contributed by atoms with Crippen LogP contribution in [0.15, 0.2) is 12.2 Å². The van der Waals surface area contributed by atoms with Gasteiger partial charge >= 0.3 is 11.9 Å². The Bertz CT molecular complexity index is 2660. The minimum Gasteiger partial charge on any atom is -0.462 e. The number of carbonyl (C=O) groups is 13. The Balaban J connectivity index is 7.16. The maximum atomic E-state index is 15.3. The molecule has 0 aliphatic rings. The molecule has 25 nitrogen and oxygen atoms in total. The van der Waals surface area contributed by atoms with Crippen LogP contribution in [-0.2, 0) is 76.5 Å². The van der Waals surface area contributed by atoms with Crippen molar-refractivity contribution in [2.45, 2.75) is 244 Å². The van der Waals surface area contributed by atoms with Crippen molar-refractivity contribution >= 4 is 76.5 Å². The fourth-order valence-electron chi connectivity index (χ4n) is 12.2. The number of Topliss-reactive ketones (excluding diaryl/α,β-unsaturated/α-hetero) is 3. The lowest BCUT2D eigenvalue weighted by atomic mass is 9.86. The van der Waals surface area contributed by atoms with Crippen LogP contribution < -0.4 is 16.0 Å². The SMILES string of the molecule is C/C=C/C[C@@H](C)[C@@H](OC(C)=O)[C@@H](C(=O)N[C@@H](CC)C(=O)OCCN(C)C(C)=O)N(C)C(=O)[C@H](C(C)C)N(C)C(=O)[C@H](CC(C)C)N(C)C(=O)[C@H](CC(C)C)N(C)C(=O)[C@@H](C)CC(=O)[C@H](C)CC(=O)[C@H](CC(C)C)N(C)C(=O)[C@@H](NC(=O)[C@@H](CC(=O)[C@@H](CC)NC)[C@H](C)COC)C(C)C. The average Bonchev–Trinajstić information content (AvgIpc) is 0.798. The zero-order valence-corrected chi connectivity index (χ0v) is 64.8. The minimum absolute atomic E-state index is 0.0685. The first-order valence-corrected chi connectivity index (χ1v) is 35.3. The smallest absolute Gasteiger partial charge is 0.328 e. The Hall–Kier alpha value is -6.63. The van der Waals surface area contributed by atoms with Crippen LogP contribution in [-0.4, -0.2) is 237 Å². The number of likely N-dealkylation sites (N-methyl/N-ethyl adjacent to an activating group) is 7. The summed E-state index contributed by atoms with van der Waals surface area (Å²) < 4.78 is 16.7. The molecule has 3 N–H and O–H groups in total. The molecule has 0 radical (unpaired) electrons. The summed E-state index contributed by atoms with van der Waals surface area (Å²) in [5.41, 5.74) is 0. The summed E-state index contributed by atoms with van der Waals surface area (Å²) in [5, 5.41) is 8.63. The number of carbonyl (C=O) groups excluding carboxylic acids is 13. The third-order valence-corrected chi connectivity index (χ3v) is 18.5. The number of ether oxygens (including phenoxy) is 3. The van der Waals surface area contributed by atoms with E-state index in [9.17, 15) is 47.9 Å². The van der Waals surface area contributed by atoms with E-state index in [1.54, 1.807) is 82.5 Å². The molecule has 0 unspecified atom stereocenters. The van der Waals surface area contributed by atoms with Gasteiger partial charge in [0.05, 0.1) is 18.6 Å². The molecule has 14 atom stereocenters. The van der Waals surface area contributed by atoms with Crippen LogP contribution in [0.25, 0.3) is 0 Å². The maximum Gasteiger partial charge on any atom is 0.328 e. The first-order valence-electron chi connectivity index (χ1n) is 35.3. The van der Waals surface area contributed by atoms with E-state index in [1.807, 2.05) is 61.5 Å². The van der Waals surface area contributed by atoms with Gasteiger partial charge in [0.25, 0.3) is 0 Å². The van der Waals surface area contributed by atoms with Crippen LogP contribution in [0.3, 0.4) is 0 Å². The third kappa shape index (κ3) is 28.5. The molecule has 0 aromatic carbocycles. The molecule has 0 saturated carbocycles. The summed E-state index contributed by atoms with van der Waals surface area (Å²) >= 11 is 0. The van der Waals surface area contributed by atoms with Crippen molar-refractivity contribution in [1.29, 1.82) is 0 Å². The topological polar surface area (TPSA) is 305 Å². The normalized spacial score (nSPS) is 16.0. The first kappa shape index (κ1) is 91.4. The van der Waals surface area contributed by atoms with Gasteiger partial charge in [-0.1, -0.05) is 123 Å². The molecule has 0 aliphatic carbocycles. The summed E-state index contributed by atoms with van der Waals surface area (Å²) in [6.45, 7) is 33.0. The molecule has 0 saturated heterocycles. The van der Waals surface area contributed by atoms with E-state index >= 15 is 14.4 Å². The Morgan fingerprint density at radius 1 is 0.500 bits per heavy atom. The van der Waals surface area contributed by atoms with E-state index in [1.165, 1.54) is 80.7 Å². The van der Waals surface area contributed by atoms with E-state index in [2.05, 4.69) is 16.0 Å². The number of hydrogen-bond acceptors (Lipinski definition) is 17. The number of methoxy groups -OCH3 is 1. The molecule has 25 heteroatoms. The Morgan fingerprint density at radius 2 is 0.980 bits per heavy atom. The maximum absolute atomic E-state index is 15.3. The molecule has 0 spiro atoms. The number of nitrogens with one attached hydrogen (secondary N) is 3. The second-order valence-electron chi connectivity index (χ2n) is 29.1. The fourth-order valence-corrected chi connectivity index (χ4v) is 12.2. The van der Waals surface area contributed by atoms with E-state index in [0.717, 1.165) is 4.90 Å². The molecular formula is C73H129N9O16. The van der Waals surface area contributed by atoms with Crippen LogP contribution in [0.1, 0.15) is 189 Å². The molecule has 0 aromatic rings. The highest BCUT2D eigenvalue weighted by Crippen LogP contribution is 2.28. The van der Waals surface area contributed by atoms with Crippen LogP contribution in [0.5, 0.6) is 0 Å².